The van der Waals surface area contributed by atoms with Gasteiger partial charge in [-0.05, 0) is 40.8 Å². The van der Waals surface area contributed by atoms with Gasteiger partial charge in [-0.1, -0.05) is 13.8 Å². The molecule has 3 rings (SSSR count). The molecule has 1 amide bonds. The molecule has 1 aromatic heterocycles. The van der Waals surface area contributed by atoms with Gasteiger partial charge >= 0.3 is 0 Å². The van der Waals surface area contributed by atoms with Crippen LogP contribution in [0, 0.1) is 5.92 Å². The highest BCUT2D eigenvalue weighted by atomic mass is 79.9. The van der Waals surface area contributed by atoms with E-state index in [4.69, 9.17) is 4.74 Å². The predicted octanol–water partition coefficient (Wildman–Crippen LogP) is 2.81. The van der Waals surface area contributed by atoms with E-state index in [1.165, 1.54) is 0 Å². The molecule has 0 N–H and O–H groups in total. The fourth-order valence-electron chi connectivity index (χ4n) is 3.58. The monoisotopic (exact) mass is 395 g/mol. The van der Waals surface area contributed by atoms with Crippen molar-refractivity contribution in [1.29, 1.82) is 0 Å². The van der Waals surface area contributed by atoms with Crippen LogP contribution in [0.2, 0.25) is 0 Å². The van der Waals surface area contributed by atoms with Gasteiger partial charge in [0.25, 0.3) is 5.91 Å². The number of hydrogen-bond donors (Lipinski definition) is 0. The molecule has 6 heteroatoms. The van der Waals surface area contributed by atoms with Crippen LogP contribution in [0.25, 0.3) is 0 Å². The van der Waals surface area contributed by atoms with Crippen LogP contribution < -0.4 is 0 Å². The molecule has 2 aliphatic heterocycles. The molecule has 132 valence electrons. The number of amides is 1. The highest BCUT2D eigenvalue weighted by molar-refractivity contribution is 9.10. The molecule has 3 heterocycles. The lowest BCUT2D eigenvalue weighted by Gasteiger charge is -2.49. The summed E-state index contributed by atoms with van der Waals surface area (Å²) in [6, 6.07) is 2.91. The maximum absolute atomic E-state index is 12.6. The lowest BCUT2D eigenvalue weighted by atomic mass is 9.97. The van der Waals surface area contributed by atoms with Crippen LogP contribution in [0.4, 0.5) is 0 Å². The Morgan fingerprint density at radius 2 is 2.04 bits per heavy atom. The Kier molecular flexibility index (Phi) is 5.89. The van der Waals surface area contributed by atoms with E-state index in [1.54, 1.807) is 12.4 Å². The summed E-state index contributed by atoms with van der Waals surface area (Å²) < 4.78 is 6.35. The molecule has 0 aliphatic carbocycles. The summed E-state index contributed by atoms with van der Waals surface area (Å²) in [6.07, 6.45) is 5.55. The summed E-state index contributed by atoms with van der Waals surface area (Å²) in [5, 5.41) is 0. The molecule has 2 fully saturated rings. The number of hydrogen-bond acceptors (Lipinski definition) is 4. The van der Waals surface area contributed by atoms with E-state index in [1.807, 2.05) is 11.0 Å². The van der Waals surface area contributed by atoms with Gasteiger partial charge in [-0.3, -0.25) is 14.7 Å². The molecule has 0 aromatic carbocycles. The second-order valence-electron chi connectivity index (χ2n) is 7.19. The highest BCUT2D eigenvalue weighted by Crippen LogP contribution is 2.25. The van der Waals surface area contributed by atoms with E-state index in [2.05, 4.69) is 39.7 Å². The fourth-order valence-corrected chi connectivity index (χ4v) is 3.94. The quantitative estimate of drug-likeness (QED) is 0.768. The molecule has 0 atom stereocenters. The van der Waals surface area contributed by atoms with Crippen molar-refractivity contribution >= 4 is 21.8 Å². The number of pyridine rings is 1. The zero-order chi connectivity index (χ0) is 17.1. The Balaban J connectivity index is 1.60. The van der Waals surface area contributed by atoms with Gasteiger partial charge in [-0.25, -0.2) is 0 Å². The Morgan fingerprint density at radius 1 is 1.33 bits per heavy atom. The molecule has 5 nitrogen and oxygen atoms in total. The molecule has 1 aromatic rings. The number of nitrogens with zero attached hydrogens (tertiary/aromatic N) is 3. The summed E-state index contributed by atoms with van der Waals surface area (Å²) in [5.41, 5.74) is 0.657. The molecule has 2 saturated heterocycles. The van der Waals surface area contributed by atoms with E-state index in [-0.39, 0.29) is 5.91 Å². The van der Waals surface area contributed by atoms with Crippen molar-refractivity contribution in [2.45, 2.75) is 38.8 Å². The average molecular weight is 396 g/mol. The van der Waals surface area contributed by atoms with Crippen molar-refractivity contribution in [3.8, 4) is 0 Å². The van der Waals surface area contributed by atoms with Crippen molar-refractivity contribution in [1.82, 2.24) is 14.8 Å². The summed E-state index contributed by atoms with van der Waals surface area (Å²) in [4.78, 5) is 21.2. The normalized spacial score (nSPS) is 19.8. The number of ether oxygens (including phenoxy) is 1. The van der Waals surface area contributed by atoms with E-state index >= 15 is 0 Å². The van der Waals surface area contributed by atoms with Gasteiger partial charge in [0.15, 0.2) is 0 Å². The van der Waals surface area contributed by atoms with Gasteiger partial charge < -0.3 is 9.64 Å². The van der Waals surface area contributed by atoms with Crippen LogP contribution in [-0.2, 0) is 4.74 Å². The topological polar surface area (TPSA) is 45.7 Å². The molecule has 0 spiro atoms. The Morgan fingerprint density at radius 3 is 2.67 bits per heavy atom. The smallest absolute Gasteiger partial charge is 0.255 e. The number of carbonyl (C=O) groups is 1. The van der Waals surface area contributed by atoms with Gasteiger partial charge in [0.1, 0.15) is 0 Å². The molecule has 2 aliphatic rings. The number of aromatic nitrogens is 1. The number of rotatable bonds is 5. The maximum atomic E-state index is 12.6. The first-order chi connectivity index (χ1) is 11.5. The second-order valence-corrected chi connectivity index (χ2v) is 8.11. The van der Waals surface area contributed by atoms with E-state index < -0.39 is 0 Å². The van der Waals surface area contributed by atoms with E-state index in [0.717, 1.165) is 50.2 Å². The van der Waals surface area contributed by atoms with Crippen molar-refractivity contribution in [3.05, 3.63) is 28.5 Å². The third-order valence-electron chi connectivity index (χ3n) is 4.81. The molecule has 24 heavy (non-hydrogen) atoms. The average Bonchev–Trinajstić information content (AvgIpc) is 2.53. The van der Waals surface area contributed by atoms with Gasteiger partial charge in [0, 0.05) is 61.8 Å². The fraction of sp³-hybridized carbons (Fsp3) is 0.667. The largest absolute Gasteiger partial charge is 0.381 e. The summed E-state index contributed by atoms with van der Waals surface area (Å²) in [6.45, 7) is 8.97. The molecule has 0 saturated carbocycles. The summed E-state index contributed by atoms with van der Waals surface area (Å²) in [7, 11) is 0. The second kappa shape index (κ2) is 7.93. The minimum absolute atomic E-state index is 0.0801. The molecular formula is C18H26BrN3O2. The minimum atomic E-state index is 0.0801. The lowest BCUT2D eigenvalue weighted by Crippen LogP contribution is -2.64. The summed E-state index contributed by atoms with van der Waals surface area (Å²) in [5.74, 6) is 0.711. The molecule has 0 radical (unpaired) electrons. The van der Waals surface area contributed by atoms with E-state index in [0.29, 0.717) is 23.6 Å². The Bertz CT molecular complexity index is 569. The van der Waals surface area contributed by atoms with Crippen molar-refractivity contribution in [2.24, 2.45) is 5.92 Å². The zero-order valence-electron chi connectivity index (χ0n) is 14.4. The van der Waals surface area contributed by atoms with Gasteiger partial charge in [0.05, 0.1) is 5.56 Å². The van der Waals surface area contributed by atoms with Crippen LogP contribution in [0.5, 0.6) is 0 Å². The molecule has 0 unspecified atom stereocenters. The lowest BCUT2D eigenvalue weighted by molar-refractivity contribution is -0.0294. The predicted molar refractivity (Wildman–Crippen MR) is 97.0 cm³/mol. The van der Waals surface area contributed by atoms with E-state index in [9.17, 15) is 4.79 Å². The first kappa shape index (κ1) is 17.8. The molecular weight excluding hydrogens is 370 g/mol. The molecule has 0 bridgehead atoms. The highest BCUT2D eigenvalue weighted by Gasteiger charge is 2.38. The van der Waals surface area contributed by atoms with Crippen molar-refractivity contribution in [3.63, 3.8) is 0 Å². The van der Waals surface area contributed by atoms with Crippen LogP contribution in [0.3, 0.4) is 0 Å². The maximum Gasteiger partial charge on any atom is 0.255 e. The first-order valence-corrected chi connectivity index (χ1v) is 9.57. The Hall–Kier alpha value is -0.980. The Labute approximate surface area is 152 Å². The number of carbonyl (C=O) groups excluding carboxylic acids is 1. The standard InChI is InChI=1S/C18H26BrN3O2/c1-13(2)10-22(16-3-5-24-6-4-16)17-11-21(12-17)18(23)14-7-15(19)9-20-8-14/h7-9,13,16-17H,3-6,10-12H2,1-2H3. The third-order valence-corrected chi connectivity index (χ3v) is 5.24. The minimum Gasteiger partial charge on any atom is -0.381 e. The third kappa shape index (κ3) is 4.16. The van der Waals surface area contributed by atoms with Crippen molar-refractivity contribution in [2.75, 3.05) is 32.8 Å². The summed E-state index contributed by atoms with van der Waals surface area (Å²) >= 11 is 3.38. The van der Waals surface area contributed by atoms with Crippen LogP contribution in [0.1, 0.15) is 37.0 Å². The SMILES string of the molecule is CC(C)CN(C1CCOCC1)C1CN(C(=O)c2cncc(Br)c2)C1. The zero-order valence-corrected chi connectivity index (χ0v) is 16.0. The van der Waals surface area contributed by atoms with Crippen LogP contribution in [0.15, 0.2) is 22.9 Å². The first-order valence-electron chi connectivity index (χ1n) is 8.78. The van der Waals surface area contributed by atoms with Crippen LogP contribution in [-0.4, -0.2) is 65.6 Å². The van der Waals surface area contributed by atoms with Gasteiger partial charge in [0.2, 0.25) is 0 Å². The van der Waals surface area contributed by atoms with Gasteiger partial charge in [-0.2, -0.15) is 0 Å². The number of halogens is 1. The van der Waals surface area contributed by atoms with Crippen molar-refractivity contribution < 1.29 is 9.53 Å². The number of likely N-dealkylation sites (tertiary alicyclic amines) is 1. The van der Waals surface area contributed by atoms with Crippen LogP contribution >= 0.6 is 15.9 Å². The van der Waals surface area contributed by atoms with Gasteiger partial charge in [-0.15, -0.1) is 0 Å².